The van der Waals surface area contributed by atoms with E-state index in [1.807, 2.05) is 30.3 Å². The predicted octanol–water partition coefficient (Wildman–Crippen LogP) is 3.75. The molecule has 2 heterocycles. The van der Waals surface area contributed by atoms with Gasteiger partial charge < -0.3 is 15.4 Å². The van der Waals surface area contributed by atoms with Gasteiger partial charge in [0.1, 0.15) is 5.82 Å². The summed E-state index contributed by atoms with van der Waals surface area (Å²) in [4.78, 5) is 19.0. The fourth-order valence-corrected chi connectivity index (χ4v) is 3.54. The van der Waals surface area contributed by atoms with Crippen molar-refractivity contribution in [3.63, 3.8) is 0 Å². The molecule has 3 rings (SSSR count). The van der Waals surface area contributed by atoms with Crippen molar-refractivity contribution in [1.82, 2.24) is 4.98 Å². The van der Waals surface area contributed by atoms with Crippen LogP contribution in [0.1, 0.15) is 50.4 Å². The number of nitrogens with zero attached hydrogens (tertiary/aromatic N) is 2. The zero-order valence-electron chi connectivity index (χ0n) is 15.9. The third-order valence-electron chi connectivity index (χ3n) is 5.11. The molecular weight excluding hydrogens is 326 g/mol. The van der Waals surface area contributed by atoms with Crippen LogP contribution in [-0.2, 0) is 4.74 Å². The molecule has 0 radical (unpaired) electrons. The van der Waals surface area contributed by atoms with Crippen LogP contribution in [0, 0.1) is 5.92 Å². The first-order valence-corrected chi connectivity index (χ1v) is 9.59. The van der Waals surface area contributed by atoms with E-state index in [4.69, 9.17) is 15.5 Å². The molecule has 1 aliphatic heterocycles. The number of aromatic nitrogens is 1. The van der Waals surface area contributed by atoms with Crippen LogP contribution in [0.3, 0.4) is 0 Å². The molecule has 0 aliphatic carbocycles. The lowest BCUT2D eigenvalue weighted by atomic mass is 10.0. The molecule has 1 fully saturated rings. The number of hydrogen-bond donors (Lipinski definition) is 1. The molecule has 140 valence electrons. The number of para-hydroxylation sites is 1. The summed E-state index contributed by atoms with van der Waals surface area (Å²) in [5.41, 5.74) is 6.97. The van der Waals surface area contributed by atoms with Crippen LogP contribution in [0.5, 0.6) is 0 Å². The molecule has 0 spiro atoms. The fraction of sp³-hybridized carbons (Fsp3) is 0.524. The zero-order valence-corrected chi connectivity index (χ0v) is 15.9. The molecule has 1 amide bonds. The van der Waals surface area contributed by atoms with Crippen LogP contribution in [0.4, 0.5) is 5.82 Å². The molecule has 1 aromatic heterocycles. The minimum absolute atomic E-state index is 0.163. The smallest absolute Gasteiger partial charge is 0.249 e. The van der Waals surface area contributed by atoms with Crippen LogP contribution in [0.15, 0.2) is 30.3 Å². The fourth-order valence-electron chi connectivity index (χ4n) is 3.54. The molecule has 5 heteroatoms. The van der Waals surface area contributed by atoms with Crippen molar-refractivity contribution in [3.8, 4) is 0 Å². The minimum atomic E-state index is -0.416. The van der Waals surface area contributed by atoms with E-state index in [1.165, 1.54) is 0 Å². The number of rotatable bonds is 6. The molecule has 0 saturated carbocycles. The van der Waals surface area contributed by atoms with Crippen molar-refractivity contribution in [1.29, 1.82) is 0 Å². The summed E-state index contributed by atoms with van der Waals surface area (Å²) in [5.74, 6) is 0.826. The lowest BCUT2D eigenvalue weighted by molar-refractivity contribution is -0.0521. The number of hydrogen-bond acceptors (Lipinski definition) is 4. The largest absolute Gasteiger partial charge is 0.371 e. The highest BCUT2D eigenvalue weighted by Crippen LogP contribution is 2.28. The van der Waals surface area contributed by atoms with E-state index in [0.717, 1.165) is 49.1 Å². The summed E-state index contributed by atoms with van der Waals surface area (Å²) < 4.78 is 6.31. The number of primary amides is 1. The summed E-state index contributed by atoms with van der Waals surface area (Å²) in [6.07, 6.45) is 3.72. The van der Waals surface area contributed by atoms with Gasteiger partial charge in [0.25, 0.3) is 0 Å². The van der Waals surface area contributed by atoms with E-state index in [9.17, 15) is 4.79 Å². The summed E-state index contributed by atoms with van der Waals surface area (Å²) in [7, 11) is 0. The van der Waals surface area contributed by atoms with E-state index in [1.54, 1.807) is 0 Å². The highest BCUT2D eigenvalue weighted by Gasteiger charge is 2.30. The number of carbonyl (C=O) groups excluding carboxylic acids is 1. The number of carbonyl (C=O) groups is 1. The van der Waals surface area contributed by atoms with Gasteiger partial charge in [-0.2, -0.15) is 0 Å². The lowest BCUT2D eigenvalue weighted by Gasteiger charge is -2.40. The number of pyridine rings is 1. The topological polar surface area (TPSA) is 68.5 Å². The quantitative estimate of drug-likeness (QED) is 0.857. The van der Waals surface area contributed by atoms with Crippen LogP contribution in [0.25, 0.3) is 10.9 Å². The van der Waals surface area contributed by atoms with Crippen LogP contribution < -0.4 is 10.6 Å². The molecular formula is C21H29N3O2. The lowest BCUT2D eigenvalue weighted by Crippen LogP contribution is -2.50. The number of nitrogens with two attached hydrogens (primary N) is 1. The standard InChI is InChI=1S/C21H29N3O2/c1-4-5-8-15-12-24(13-19(26-15)14(2)3)20-11-17(21(22)25)16-9-6-7-10-18(16)23-20/h6-7,9-11,14-15,19H,4-5,8,12-13H2,1-3H3,(H2,22,25)/t15-,19-/m1/s1. The van der Waals surface area contributed by atoms with E-state index < -0.39 is 5.91 Å². The average molecular weight is 355 g/mol. The van der Waals surface area contributed by atoms with Gasteiger partial charge in [0.15, 0.2) is 0 Å². The van der Waals surface area contributed by atoms with Gasteiger partial charge >= 0.3 is 0 Å². The Hall–Kier alpha value is -2.14. The third kappa shape index (κ3) is 3.98. The van der Waals surface area contributed by atoms with Gasteiger partial charge in [0, 0.05) is 18.5 Å². The van der Waals surface area contributed by atoms with E-state index >= 15 is 0 Å². The molecule has 5 nitrogen and oxygen atoms in total. The predicted molar refractivity (Wildman–Crippen MR) is 105 cm³/mol. The number of amides is 1. The number of fused-ring (bicyclic) bond motifs is 1. The SMILES string of the molecule is CCCC[C@@H]1CN(c2cc(C(N)=O)c3ccccc3n2)C[C@H](C(C)C)O1. The maximum atomic E-state index is 12.0. The van der Waals surface area contributed by atoms with Crippen molar-refractivity contribution < 1.29 is 9.53 Å². The molecule has 2 atom stereocenters. The van der Waals surface area contributed by atoms with Gasteiger partial charge in [-0.25, -0.2) is 4.98 Å². The highest BCUT2D eigenvalue weighted by molar-refractivity contribution is 6.06. The Balaban J connectivity index is 1.96. The van der Waals surface area contributed by atoms with Crippen molar-refractivity contribution in [2.75, 3.05) is 18.0 Å². The number of ether oxygens (including phenoxy) is 1. The average Bonchev–Trinajstić information content (AvgIpc) is 2.65. The number of benzene rings is 1. The van der Waals surface area contributed by atoms with Crippen LogP contribution >= 0.6 is 0 Å². The summed E-state index contributed by atoms with van der Waals surface area (Å²) in [6, 6.07) is 9.50. The Bertz CT molecular complexity index is 775. The molecule has 1 saturated heterocycles. The van der Waals surface area contributed by atoms with Crippen LogP contribution in [-0.4, -0.2) is 36.2 Å². The molecule has 2 N–H and O–H groups in total. The van der Waals surface area contributed by atoms with Crippen LogP contribution in [0.2, 0.25) is 0 Å². The second-order valence-corrected chi connectivity index (χ2v) is 7.50. The Kier molecular flexibility index (Phi) is 5.77. The van der Waals surface area contributed by atoms with E-state index in [2.05, 4.69) is 25.7 Å². The monoisotopic (exact) mass is 355 g/mol. The van der Waals surface area contributed by atoms with Gasteiger partial charge in [-0.15, -0.1) is 0 Å². The first-order valence-electron chi connectivity index (χ1n) is 9.59. The normalized spacial score (nSPS) is 20.7. The Morgan fingerprint density at radius 2 is 2.12 bits per heavy atom. The summed E-state index contributed by atoms with van der Waals surface area (Å²) >= 11 is 0. The van der Waals surface area contributed by atoms with Crippen molar-refractivity contribution in [3.05, 3.63) is 35.9 Å². The highest BCUT2D eigenvalue weighted by atomic mass is 16.5. The molecule has 0 unspecified atom stereocenters. The minimum Gasteiger partial charge on any atom is -0.371 e. The van der Waals surface area contributed by atoms with Crippen molar-refractivity contribution in [2.45, 2.75) is 52.2 Å². The first kappa shape index (κ1) is 18.6. The van der Waals surface area contributed by atoms with E-state index in [0.29, 0.717) is 11.5 Å². The molecule has 2 aromatic rings. The number of anilines is 1. The first-order chi connectivity index (χ1) is 12.5. The van der Waals surface area contributed by atoms with Gasteiger partial charge in [0.05, 0.1) is 23.3 Å². The Morgan fingerprint density at radius 1 is 1.35 bits per heavy atom. The maximum Gasteiger partial charge on any atom is 0.249 e. The molecule has 0 bridgehead atoms. The van der Waals surface area contributed by atoms with Crippen molar-refractivity contribution in [2.24, 2.45) is 11.7 Å². The van der Waals surface area contributed by atoms with Crippen molar-refractivity contribution >= 4 is 22.6 Å². The van der Waals surface area contributed by atoms with Gasteiger partial charge in [-0.3, -0.25) is 4.79 Å². The molecule has 1 aromatic carbocycles. The molecule has 26 heavy (non-hydrogen) atoms. The summed E-state index contributed by atoms with van der Waals surface area (Å²) in [6.45, 7) is 8.16. The van der Waals surface area contributed by atoms with Gasteiger partial charge in [-0.05, 0) is 24.5 Å². The Morgan fingerprint density at radius 3 is 2.81 bits per heavy atom. The van der Waals surface area contributed by atoms with Gasteiger partial charge in [0.2, 0.25) is 5.91 Å². The second kappa shape index (κ2) is 8.04. The Labute approximate surface area is 155 Å². The molecule has 1 aliphatic rings. The number of morpholine rings is 1. The number of unbranched alkanes of at least 4 members (excludes halogenated alkanes) is 1. The van der Waals surface area contributed by atoms with E-state index in [-0.39, 0.29) is 12.2 Å². The zero-order chi connectivity index (χ0) is 18.7. The third-order valence-corrected chi connectivity index (χ3v) is 5.11. The second-order valence-electron chi connectivity index (χ2n) is 7.50. The summed E-state index contributed by atoms with van der Waals surface area (Å²) in [5, 5.41) is 0.806. The van der Waals surface area contributed by atoms with Gasteiger partial charge in [-0.1, -0.05) is 51.8 Å². The maximum absolute atomic E-state index is 12.0.